The van der Waals surface area contributed by atoms with Gasteiger partial charge in [0.05, 0.1) is 19.2 Å². The van der Waals surface area contributed by atoms with Crippen molar-refractivity contribution < 1.29 is 1.37 Å². The van der Waals surface area contributed by atoms with Crippen molar-refractivity contribution in [3.8, 4) is 0 Å². The summed E-state index contributed by atoms with van der Waals surface area (Å²) >= 11 is 3.45. The summed E-state index contributed by atoms with van der Waals surface area (Å²) in [5, 5.41) is 8.15. The van der Waals surface area contributed by atoms with E-state index in [2.05, 4.69) is 10.3 Å². The quantitative estimate of drug-likeness (QED) is 0.692. The molecule has 0 aromatic carbocycles. The second kappa shape index (κ2) is 6.40. The van der Waals surface area contributed by atoms with E-state index in [1.165, 1.54) is 0 Å². The van der Waals surface area contributed by atoms with Gasteiger partial charge in [-0.25, -0.2) is 4.68 Å². The minimum absolute atomic E-state index is 0.414. The number of aromatic nitrogens is 3. The van der Waals surface area contributed by atoms with Crippen molar-refractivity contribution >= 4 is 31.4 Å². The average Bonchev–Trinajstić information content (AvgIpc) is 2.51. The lowest BCUT2D eigenvalue weighted by Crippen LogP contribution is -2.04. The summed E-state index contributed by atoms with van der Waals surface area (Å²) in [7, 11) is 5.44. The lowest BCUT2D eigenvalue weighted by atomic mass is 10.1. The molecule has 76 valence electrons. The molecule has 2 radical (unpaired) electrons. The second-order valence-corrected chi connectivity index (χ2v) is 4.50. The third-order valence-corrected chi connectivity index (χ3v) is 2.88. The van der Waals surface area contributed by atoms with Gasteiger partial charge in [0.25, 0.3) is 0 Å². The molecule has 0 spiro atoms. The molecule has 0 amide bonds. The zero-order valence-corrected chi connectivity index (χ0v) is 10.1. The van der Waals surface area contributed by atoms with Crippen LogP contribution in [-0.2, 0) is 18.1 Å². The molecule has 1 heterocycles. The van der Waals surface area contributed by atoms with Crippen LogP contribution < -0.4 is 0 Å². The molecule has 0 saturated heterocycles. The highest BCUT2D eigenvalue weighted by Crippen LogP contribution is 2.16. The van der Waals surface area contributed by atoms with Crippen molar-refractivity contribution in [1.29, 1.82) is 0 Å². The SMILES string of the molecule is [2H]C([B])Cn1nnc(CSC)c1CSC. The molecule has 0 saturated carbocycles. The van der Waals surface area contributed by atoms with Gasteiger partial charge in [-0.2, -0.15) is 23.5 Å². The third-order valence-electron chi connectivity index (χ3n) is 1.76. The summed E-state index contributed by atoms with van der Waals surface area (Å²) < 4.78 is 9.08. The predicted octanol–water partition coefficient (Wildman–Crippen LogP) is 1.59. The highest BCUT2D eigenvalue weighted by Gasteiger charge is 2.10. The summed E-state index contributed by atoms with van der Waals surface area (Å²) in [4.78, 5) is 0. The number of hydrogen-bond acceptors (Lipinski definition) is 4. The molecule has 0 bridgehead atoms. The molecule has 6 heteroatoms. The maximum atomic E-state index is 7.33. The number of rotatable bonds is 6. The summed E-state index contributed by atoms with van der Waals surface area (Å²) in [5.74, 6) is 1.73. The van der Waals surface area contributed by atoms with Crippen molar-refractivity contribution in [3.63, 3.8) is 0 Å². The van der Waals surface area contributed by atoms with E-state index >= 15 is 0 Å². The van der Waals surface area contributed by atoms with Gasteiger partial charge < -0.3 is 0 Å². The molecule has 0 aliphatic heterocycles. The smallest absolute Gasteiger partial charge is 0.0966 e. The zero-order chi connectivity index (χ0) is 11.3. The average molecular weight is 228 g/mol. The van der Waals surface area contributed by atoms with E-state index in [0.717, 1.165) is 22.9 Å². The zero-order valence-electron chi connectivity index (χ0n) is 9.43. The Bertz CT molecular complexity index is 306. The Morgan fingerprint density at radius 2 is 2.14 bits per heavy atom. The fraction of sp³-hybridized carbons (Fsp3) is 0.750. The van der Waals surface area contributed by atoms with E-state index < -0.39 is 6.30 Å². The Kier molecular flexibility index (Phi) is 4.77. The largest absolute Gasteiger partial charge is 0.249 e. The number of nitrogens with zero attached hydrogens (tertiary/aromatic N) is 3. The van der Waals surface area contributed by atoms with Crippen molar-refractivity contribution in [1.82, 2.24) is 15.0 Å². The maximum absolute atomic E-state index is 7.33. The van der Waals surface area contributed by atoms with Crippen LogP contribution in [0, 0.1) is 0 Å². The summed E-state index contributed by atoms with van der Waals surface area (Å²) in [6.45, 7) is 0.414. The first-order valence-electron chi connectivity index (χ1n) is 4.83. The lowest BCUT2D eigenvalue weighted by Gasteiger charge is -2.04. The summed E-state index contributed by atoms with van der Waals surface area (Å²) in [6, 6.07) is 0. The van der Waals surface area contributed by atoms with E-state index in [9.17, 15) is 0 Å². The van der Waals surface area contributed by atoms with Gasteiger partial charge in [-0.05, 0) is 12.5 Å². The predicted molar refractivity (Wildman–Crippen MR) is 65.0 cm³/mol. The Balaban J connectivity index is 2.84. The van der Waals surface area contributed by atoms with E-state index in [0.29, 0.717) is 6.54 Å². The first-order chi connectivity index (χ1) is 7.19. The van der Waals surface area contributed by atoms with Gasteiger partial charge in [-0.15, -0.1) is 5.10 Å². The minimum atomic E-state index is -0.630. The van der Waals surface area contributed by atoms with Crippen LogP contribution in [0.5, 0.6) is 0 Å². The van der Waals surface area contributed by atoms with Crippen molar-refractivity contribution in [2.45, 2.75) is 24.3 Å². The van der Waals surface area contributed by atoms with Crippen LogP contribution in [0.15, 0.2) is 0 Å². The highest BCUT2D eigenvalue weighted by atomic mass is 32.2. The normalized spacial score (nSPS) is 14.0. The third kappa shape index (κ3) is 2.95. The standard InChI is InChI=1S/C8H14BN3S2/c1-13-5-7-8(6-14-2)12(4-3-9)11-10-7/h3-6H2,1-2H3/i3D. The summed E-state index contributed by atoms with van der Waals surface area (Å²) in [6.07, 6.45) is 3.45. The van der Waals surface area contributed by atoms with E-state index in [-0.39, 0.29) is 0 Å². The van der Waals surface area contributed by atoms with Crippen LogP contribution in [0.4, 0.5) is 0 Å². The van der Waals surface area contributed by atoms with Crippen LogP contribution in [0.25, 0.3) is 0 Å². The maximum Gasteiger partial charge on any atom is 0.0966 e. The molecule has 1 atom stereocenters. The van der Waals surface area contributed by atoms with Gasteiger partial charge in [0.15, 0.2) is 0 Å². The molecule has 0 aliphatic carbocycles. The fourth-order valence-electron chi connectivity index (χ4n) is 1.16. The van der Waals surface area contributed by atoms with Crippen molar-refractivity contribution in [3.05, 3.63) is 11.4 Å². The monoisotopic (exact) mass is 228 g/mol. The number of aryl methyl sites for hydroxylation is 1. The van der Waals surface area contributed by atoms with Crippen LogP contribution in [0.3, 0.4) is 0 Å². The van der Waals surface area contributed by atoms with Gasteiger partial charge >= 0.3 is 0 Å². The molecule has 0 N–H and O–H groups in total. The second-order valence-electron chi connectivity index (χ2n) is 2.77. The Morgan fingerprint density at radius 3 is 2.71 bits per heavy atom. The van der Waals surface area contributed by atoms with Crippen molar-refractivity contribution in [2.75, 3.05) is 12.5 Å². The molecule has 14 heavy (non-hydrogen) atoms. The molecule has 1 rings (SSSR count). The van der Waals surface area contributed by atoms with Crippen molar-refractivity contribution in [2.24, 2.45) is 0 Å². The molecular weight excluding hydrogens is 213 g/mol. The molecule has 1 aromatic heterocycles. The molecule has 0 fully saturated rings. The Hall–Kier alpha value is -0.0951. The van der Waals surface area contributed by atoms with Gasteiger partial charge in [-0.3, -0.25) is 0 Å². The number of thioether (sulfide) groups is 2. The van der Waals surface area contributed by atoms with E-state index in [4.69, 9.17) is 9.22 Å². The van der Waals surface area contributed by atoms with Crippen LogP contribution >= 0.6 is 23.5 Å². The van der Waals surface area contributed by atoms with Gasteiger partial charge in [0, 0.05) is 19.4 Å². The molecular formula is C8H14BN3S2. The van der Waals surface area contributed by atoms with Crippen LogP contribution in [-0.4, -0.2) is 35.4 Å². The lowest BCUT2D eigenvalue weighted by molar-refractivity contribution is 0.609. The first kappa shape index (κ1) is 10.4. The fourth-order valence-corrected chi connectivity index (χ4v) is 2.25. The summed E-state index contributed by atoms with van der Waals surface area (Å²) in [5.41, 5.74) is 2.11. The van der Waals surface area contributed by atoms with Gasteiger partial charge in [-0.1, -0.05) is 11.5 Å². The molecule has 1 unspecified atom stereocenters. The molecule has 0 aliphatic rings. The van der Waals surface area contributed by atoms with Gasteiger partial charge in [0.1, 0.15) is 0 Å². The molecule has 1 aromatic rings. The molecule has 3 nitrogen and oxygen atoms in total. The van der Waals surface area contributed by atoms with Crippen LogP contribution in [0.2, 0.25) is 6.30 Å². The highest BCUT2D eigenvalue weighted by molar-refractivity contribution is 7.98. The first-order valence-corrected chi connectivity index (χ1v) is 7.04. The Morgan fingerprint density at radius 1 is 1.43 bits per heavy atom. The topological polar surface area (TPSA) is 30.7 Å². The number of hydrogen-bond donors (Lipinski definition) is 0. The Labute approximate surface area is 96.2 Å². The van der Waals surface area contributed by atoms with E-state index in [1.54, 1.807) is 28.2 Å². The van der Waals surface area contributed by atoms with E-state index in [1.807, 2.05) is 12.5 Å². The van der Waals surface area contributed by atoms with Crippen LogP contribution in [0.1, 0.15) is 12.8 Å². The minimum Gasteiger partial charge on any atom is -0.249 e. The van der Waals surface area contributed by atoms with Gasteiger partial charge in [0.2, 0.25) is 0 Å².